The van der Waals surface area contributed by atoms with E-state index in [0.29, 0.717) is 5.41 Å². The second kappa shape index (κ2) is 13.8. The van der Waals surface area contributed by atoms with Crippen molar-refractivity contribution in [1.29, 1.82) is 0 Å². The van der Waals surface area contributed by atoms with Gasteiger partial charge in [0.15, 0.2) is 0 Å². The summed E-state index contributed by atoms with van der Waals surface area (Å²) < 4.78 is 2.43. The van der Waals surface area contributed by atoms with Gasteiger partial charge in [0, 0.05) is 38.9 Å². The van der Waals surface area contributed by atoms with E-state index in [2.05, 4.69) is 229 Å². The summed E-state index contributed by atoms with van der Waals surface area (Å²) >= 11 is 0. The third-order valence-corrected chi connectivity index (χ3v) is 17.8. The van der Waals surface area contributed by atoms with Crippen LogP contribution in [0.2, 0.25) is 0 Å². The van der Waals surface area contributed by atoms with Crippen LogP contribution < -0.4 is 4.90 Å². The maximum Gasteiger partial charge on any atom is 0.0541 e. The van der Waals surface area contributed by atoms with Crippen LogP contribution in [-0.4, -0.2) is 4.57 Å². The number of fused-ring (bicyclic) bond motifs is 11. The Hall–Kier alpha value is -7.42. The average molecular weight is 859 g/mol. The van der Waals surface area contributed by atoms with Gasteiger partial charge in [-0.2, -0.15) is 0 Å². The monoisotopic (exact) mass is 858 g/mol. The number of aromatic nitrogens is 1. The Kier molecular flexibility index (Phi) is 7.79. The fourth-order valence-electron chi connectivity index (χ4n) is 15.3. The molecule has 0 N–H and O–H groups in total. The Balaban J connectivity index is 0.881. The van der Waals surface area contributed by atoms with Gasteiger partial charge in [-0.05, 0) is 190 Å². The van der Waals surface area contributed by atoms with Crippen molar-refractivity contribution in [3.8, 4) is 50.2 Å². The molecule has 0 saturated heterocycles. The lowest BCUT2D eigenvalue weighted by molar-refractivity contribution is -0.231. The van der Waals surface area contributed by atoms with Gasteiger partial charge in [-0.25, -0.2) is 0 Å². The minimum Gasteiger partial charge on any atom is -0.310 e. The predicted octanol–water partition coefficient (Wildman–Crippen LogP) is 16.9. The first-order chi connectivity index (χ1) is 33.1. The third-order valence-electron chi connectivity index (χ3n) is 17.8. The standard InChI is InChI=1S/C65H50N2/c1-41-34-59-57(39-55(41)47-24-30-51(31-25-47)67-60-18-10-8-16-53(60)54-17-9-11-19-61(54)67)56-38-52(32-33-58(56)65(59)62-36-42-35-48-37-63(65)64(48,62)40-42)66(49-26-20-45(21-27-49)43-12-4-2-5-13-43)50-28-22-46(23-29-50)44-14-6-3-7-15-44/h2-34,38-39,42,48,62-63H,35-37,40H2,1H3. The number of anilines is 3. The van der Waals surface area contributed by atoms with Crippen LogP contribution in [-0.2, 0) is 5.41 Å². The zero-order valence-corrected chi connectivity index (χ0v) is 37.7. The van der Waals surface area contributed by atoms with Crippen LogP contribution in [0, 0.1) is 36.0 Å². The highest BCUT2D eigenvalue weighted by Crippen LogP contribution is 2.89. The smallest absolute Gasteiger partial charge is 0.0541 e. The van der Waals surface area contributed by atoms with Gasteiger partial charge in [0.2, 0.25) is 0 Å². The van der Waals surface area contributed by atoms with Crippen molar-refractivity contribution in [3.05, 3.63) is 229 Å². The number of nitrogens with zero attached hydrogens (tertiary/aromatic N) is 2. The summed E-state index contributed by atoms with van der Waals surface area (Å²) in [6.07, 6.45) is 5.74. The molecule has 2 nitrogen and oxygen atoms in total. The van der Waals surface area contributed by atoms with E-state index in [1.807, 2.05) is 0 Å². The second-order valence-corrected chi connectivity index (χ2v) is 20.6. The molecule has 0 amide bonds. The van der Waals surface area contributed by atoms with Crippen molar-refractivity contribution >= 4 is 38.9 Å². The number of rotatable bonds is 7. The lowest BCUT2D eigenvalue weighted by atomic mass is 9.27. The minimum absolute atomic E-state index is 0.109. The summed E-state index contributed by atoms with van der Waals surface area (Å²) in [6.45, 7) is 2.37. The predicted molar refractivity (Wildman–Crippen MR) is 278 cm³/mol. The van der Waals surface area contributed by atoms with Gasteiger partial charge >= 0.3 is 0 Å². The highest BCUT2D eigenvalue weighted by molar-refractivity contribution is 6.09. The number of aryl methyl sites for hydroxylation is 1. The molecule has 2 heteroatoms. The molecule has 5 aliphatic carbocycles. The Morgan fingerprint density at radius 3 is 1.57 bits per heavy atom. The molecule has 10 aromatic rings. The Morgan fingerprint density at radius 2 is 0.955 bits per heavy atom. The quantitative estimate of drug-likeness (QED) is 0.155. The number of hydrogen-bond donors (Lipinski definition) is 0. The van der Waals surface area contributed by atoms with E-state index in [9.17, 15) is 0 Å². The van der Waals surface area contributed by atoms with Crippen LogP contribution in [0.4, 0.5) is 17.1 Å². The maximum absolute atomic E-state index is 2.65. The largest absolute Gasteiger partial charge is 0.310 e. The van der Waals surface area contributed by atoms with Gasteiger partial charge in [-0.1, -0.05) is 146 Å². The molecule has 5 aliphatic rings. The summed E-state index contributed by atoms with van der Waals surface area (Å²) in [4.78, 5) is 2.48. The molecular formula is C65H50N2. The minimum atomic E-state index is 0.109. The van der Waals surface area contributed by atoms with E-state index >= 15 is 0 Å². The lowest BCUT2D eigenvalue weighted by Crippen LogP contribution is -2.73. The molecular weight excluding hydrogens is 809 g/mol. The summed E-state index contributed by atoms with van der Waals surface area (Å²) in [7, 11) is 0. The zero-order valence-electron chi connectivity index (χ0n) is 37.7. The topological polar surface area (TPSA) is 8.17 Å². The molecule has 1 aromatic heterocycles. The van der Waals surface area contributed by atoms with Crippen molar-refractivity contribution in [3.63, 3.8) is 0 Å². The fraction of sp³-hybridized carbons (Fsp3) is 0.169. The molecule has 6 unspecified atom stereocenters. The van der Waals surface area contributed by atoms with Gasteiger partial charge in [0.05, 0.1) is 11.0 Å². The van der Waals surface area contributed by atoms with Gasteiger partial charge < -0.3 is 9.47 Å². The van der Waals surface area contributed by atoms with Crippen LogP contribution in [0.1, 0.15) is 42.4 Å². The molecule has 2 bridgehead atoms. The lowest BCUT2D eigenvalue weighted by Gasteiger charge is -2.76. The highest BCUT2D eigenvalue weighted by Gasteiger charge is 2.84. The molecule has 9 aromatic carbocycles. The number of para-hydroxylation sites is 2. The Labute approximate surface area is 392 Å². The Morgan fingerprint density at radius 1 is 0.433 bits per heavy atom. The van der Waals surface area contributed by atoms with Crippen LogP contribution >= 0.6 is 0 Å². The molecule has 320 valence electrons. The van der Waals surface area contributed by atoms with Gasteiger partial charge in [-0.3, -0.25) is 0 Å². The second-order valence-electron chi connectivity index (χ2n) is 20.6. The summed E-state index contributed by atoms with van der Waals surface area (Å²) in [5.41, 5.74) is 22.9. The van der Waals surface area contributed by atoms with Crippen molar-refractivity contribution in [2.24, 2.45) is 29.1 Å². The molecule has 6 atom stereocenters. The first kappa shape index (κ1) is 37.8. The molecule has 0 aliphatic heterocycles. The summed E-state index contributed by atoms with van der Waals surface area (Å²) in [5.74, 6) is 3.35. The van der Waals surface area contributed by atoms with E-state index in [0.717, 1.165) is 35.0 Å². The molecule has 0 radical (unpaired) electrons. The molecule has 67 heavy (non-hydrogen) atoms. The summed E-state index contributed by atoms with van der Waals surface area (Å²) in [6, 6.07) is 79.7. The maximum atomic E-state index is 2.65. The van der Waals surface area contributed by atoms with Crippen molar-refractivity contribution < 1.29 is 0 Å². The van der Waals surface area contributed by atoms with Crippen molar-refractivity contribution in [1.82, 2.24) is 4.57 Å². The molecule has 4 fully saturated rings. The van der Waals surface area contributed by atoms with Crippen LogP contribution in [0.5, 0.6) is 0 Å². The number of hydrogen-bond acceptors (Lipinski definition) is 1. The molecule has 1 heterocycles. The number of benzene rings is 9. The third kappa shape index (κ3) is 5.06. The van der Waals surface area contributed by atoms with Gasteiger partial charge in [0.25, 0.3) is 0 Å². The van der Waals surface area contributed by atoms with Crippen molar-refractivity contribution in [2.45, 2.75) is 38.0 Å². The van der Waals surface area contributed by atoms with E-state index in [1.54, 1.807) is 11.1 Å². The molecule has 15 rings (SSSR count). The Bertz CT molecular complexity index is 3470. The normalized spacial score (nSPS) is 23.5. The van der Waals surface area contributed by atoms with E-state index in [4.69, 9.17) is 0 Å². The zero-order chi connectivity index (χ0) is 44.0. The van der Waals surface area contributed by atoms with E-state index in [-0.39, 0.29) is 5.41 Å². The molecule has 4 saturated carbocycles. The fourth-order valence-corrected chi connectivity index (χ4v) is 15.3. The molecule has 2 spiro atoms. The first-order valence-electron chi connectivity index (χ1n) is 24.6. The van der Waals surface area contributed by atoms with Crippen molar-refractivity contribution in [2.75, 3.05) is 4.90 Å². The SMILES string of the molecule is Cc1cc2c(cc1-c1ccc(-n3c4ccccc4c4ccccc43)cc1)-c1cc(N(c3ccc(-c4ccccc4)cc3)c3ccc(-c4ccccc4)cc3)ccc1C21C2CC3CC4CC1C42C3. The van der Waals surface area contributed by atoms with E-state index in [1.165, 1.54) is 109 Å². The van der Waals surface area contributed by atoms with Crippen LogP contribution in [0.15, 0.2) is 212 Å². The van der Waals surface area contributed by atoms with Gasteiger partial charge in [-0.15, -0.1) is 0 Å². The average Bonchev–Trinajstić information content (AvgIpc) is 4.11. The van der Waals surface area contributed by atoms with Gasteiger partial charge in [0.1, 0.15) is 0 Å². The highest BCUT2D eigenvalue weighted by atomic mass is 15.1. The van der Waals surface area contributed by atoms with Crippen LogP contribution in [0.25, 0.3) is 72.0 Å². The van der Waals surface area contributed by atoms with Crippen LogP contribution in [0.3, 0.4) is 0 Å². The van der Waals surface area contributed by atoms with E-state index < -0.39 is 0 Å². The first-order valence-corrected chi connectivity index (χ1v) is 24.6. The summed E-state index contributed by atoms with van der Waals surface area (Å²) in [5, 5.41) is 2.59.